The van der Waals surface area contributed by atoms with Crippen LogP contribution in [0.25, 0.3) is 0 Å². The smallest absolute Gasteiger partial charge is 0.244 e. The Kier molecular flexibility index (Phi) is 4.51. The molecule has 17 heavy (non-hydrogen) atoms. The number of aromatic nitrogens is 1. The van der Waals surface area contributed by atoms with Gasteiger partial charge in [0.25, 0.3) is 0 Å². The van der Waals surface area contributed by atoms with Crippen LogP contribution in [0, 0.1) is 11.3 Å². The zero-order chi connectivity index (χ0) is 13.1. The standard InChI is InChI=1S/C10H13N3O2S2/c1-8(6-11)16-10-5-4-9(7-12-10)17(14,15)13(2)3/h4-5,7-8H,1-3H3/t8-/m0/s1. The summed E-state index contributed by atoms with van der Waals surface area (Å²) < 4.78 is 24.6. The lowest BCUT2D eigenvalue weighted by atomic mass is 10.5. The third-order valence-corrected chi connectivity index (χ3v) is 4.71. The Bertz CT molecular complexity index is 517. The summed E-state index contributed by atoms with van der Waals surface area (Å²) in [5, 5.41) is 9.08. The summed E-state index contributed by atoms with van der Waals surface area (Å²) in [7, 11) is -0.495. The van der Waals surface area contributed by atoms with Crippen molar-refractivity contribution in [1.29, 1.82) is 5.26 Å². The van der Waals surface area contributed by atoms with Gasteiger partial charge in [0.1, 0.15) is 4.90 Å². The summed E-state index contributed by atoms with van der Waals surface area (Å²) >= 11 is 1.29. The van der Waals surface area contributed by atoms with Crippen LogP contribution in [0.15, 0.2) is 28.3 Å². The van der Waals surface area contributed by atoms with Crippen molar-refractivity contribution in [1.82, 2.24) is 9.29 Å². The van der Waals surface area contributed by atoms with Crippen molar-refractivity contribution in [2.24, 2.45) is 0 Å². The minimum atomic E-state index is -3.43. The molecule has 1 aromatic rings. The number of rotatable bonds is 4. The first kappa shape index (κ1) is 14.0. The number of nitrogens with zero attached hydrogens (tertiary/aromatic N) is 3. The number of hydrogen-bond acceptors (Lipinski definition) is 5. The maximum atomic E-state index is 11.7. The highest BCUT2D eigenvalue weighted by molar-refractivity contribution is 8.00. The molecule has 5 nitrogen and oxygen atoms in total. The van der Waals surface area contributed by atoms with E-state index >= 15 is 0 Å². The molecule has 0 fully saturated rings. The Hall–Kier alpha value is -1.10. The lowest BCUT2D eigenvalue weighted by Crippen LogP contribution is -2.22. The summed E-state index contributed by atoms with van der Waals surface area (Å²) in [6, 6.07) is 5.17. The lowest BCUT2D eigenvalue weighted by molar-refractivity contribution is 0.520. The molecule has 0 aliphatic carbocycles. The average molecular weight is 271 g/mol. The number of pyridine rings is 1. The fraction of sp³-hybridized carbons (Fsp3) is 0.400. The van der Waals surface area contributed by atoms with Gasteiger partial charge in [-0.05, 0) is 19.1 Å². The van der Waals surface area contributed by atoms with Gasteiger partial charge in [0.05, 0.1) is 16.3 Å². The van der Waals surface area contributed by atoms with E-state index < -0.39 is 10.0 Å². The summed E-state index contributed by atoms with van der Waals surface area (Å²) in [4.78, 5) is 4.17. The van der Waals surface area contributed by atoms with Gasteiger partial charge in [0.15, 0.2) is 0 Å². The van der Waals surface area contributed by atoms with E-state index in [2.05, 4.69) is 11.1 Å². The molecule has 1 aromatic heterocycles. The van der Waals surface area contributed by atoms with Gasteiger partial charge in [-0.3, -0.25) is 0 Å². The van der Waals surface area contributed by atoms with Crippen LogP contribution in [0.1, 0.15) is 6.92 Å². The second-order valence-electron chi connectivity index (χ2n) is 3.51. The highest BCUT2D eigenvalue weighted by atomic mass is 32.2. The van der Waals surface area contributed by atoms with Gasteiger partial charge < -0.3 is 0 Å². The summed E-state index contributed by atoms with van der Waals surface area (Å²) in [5.41, 5.74) is 0. The number of hydrogen-bond donors (Lipinski definition) is 0. The van der Waals surface area contributed by atoms with Gasteiger partial charge in [-0.15, -0.1) is 0 Å². The third kappa shape index (κ3) is 3.43. The van der Waals surface area contributed by atoms with Crippen LogP contribution in [0.2, 0.25) is 0 Å². The molecule has 0 spiro atoms. The van der Waals surface area contributed by atoms with E-state index in [-0.39, 0.29) is 10.1 Å². The van der Waals surface area contributed by atoms with Crippen molar-refractivity contribution in [2.45, 2.75) is 22.1 Å². The Morgan fingerprint density at radius 2 is 2.12 bits per heavy atom. The molecule has 0 aliphatic rings. The maximum Gasteiger partial charge on any atom is 0.244 e. The van der Waals surface area contributed by atoms with Crippen LogP contribution in [-0.4, -0.2) is 37.1 Å². The predicted molar refractivity (Wildman–Crippen MR) is 66.0 cm³/mol. The fourth-order valence-corrected chi connectivity index (χ4v) is 2.53. The molecular weight excluding hydrogens is 258 g/mol. The summed E-state index contributed by atoms with van der Waals surface area (Å²) in [6.07, 6.45) is 1.31. The van der Waals surface area contributed by atoms with Crippen molar-refractivity contribution in [3.05, 3.63) is 18.3 Å². The lowest BCUT2D eigenvalue weighted by Gasteiger charge is -2.11. The van der Waals surface area contributed by atoms with Crippen molar-refractivity contribution in [2.75, 3.05) is 14.1 Å². The number of sulfonamides is 1. The molecular formula is C10H13N3O2S2. The molecule has 0 radical (unpaired) electrons. The first-order chi connectivity index (χ1) is 7.87. The summed E-state index contributed by atoms with van der Waals surface area (Å²) in [5.74, 6) is 0. The Morgan fingerprint density at radius 1 is 1.47 bits per heavy atom. The van der Waals surface area contributed by atoms with E-state index in [0.717, 1.165) is 4.31 Å². The molecule has 7 heteroatoms. The van der Waals surface area contributed by atoms with Crippen LogP contribution >= 0.6 is 11.8 Å². The molecule has 1 heterocycles. The van der Waals surface area contributed by atoms with Gasteiger partial charge >= 0.3 is 0 Å². The minimum Gasteiger partial charge on any atom is -0.249 e. The molecule has 0 unspecified atom stereocenters. The molecule has 0 amide bonds. The van der Waals surface area contributed by atoms with E-state index in [4.69, 9.17) is 5.26 Å². The molecule has 0 saturated heterocycles. The molecule has 0 saturated carbocycles. The molecule has 1 rings (SSSR count). The third-order valence-electron chi connectivity index (χ3n) is 1.97. The Labute approximate surface area is 106 Å². The van der Waals surface area contributed by atoms with Crippen LogP contribution in [0.5, 0.6) is 0 Å². The second kappa shape index (κ2) is 5.49. The zero-order valence-corrected chi connectivity index (χ0v) is 11.4. The van der Waals surface area contributed by atoms with Crippen LogP contribution < -0.4 is 0 Å². The minimum absolute atomic E-state index is 0.150. The largest absolute Gasteiger partial charge is 0.249 e. The van der Waals surface area contributed by atoms with Crippen molar-refractivity contribution < 1.29 is 8.42 Å². The van der Waals surface area contributed by atoms with Gasteiger partial charge in [-0.25, -0.2) is 17.7 Å². The monoisotopic (exact) mass is 271 g/mol. The molecule has 0 bridgehead atoms. The molecule has 92 valence electrons. The van der Waals surface area contributed by atoms with E-state index in [0.29, 0.717) is 5.03 Å². The predicted octanol–water partition coefficient (Wildman–Crippen LogP) is 1.34. The van der Waals surface area contributed by atoms with Gasteiger partial charge in [-0.2, -0.15) is 5.26 Å². The SMILES string of the molecule is C[C@@H](C#N)Sc1ccc(S(=O)(=O)N(C)C)cn1. The van der Waals surface area contributed by atoms with E-state index in [1.165, 1.54) is 38.1 Å². The van der Waals surface area contributed by atoms with Crippen LogP contribution in [0.3, 0.4) is 0 Å². The fourth-order valence-electron chi connectivity index (χ4n) is 1.01. The van der Waals surface area contributed by atoms with Crippen LogP contribution in [-0.2, 0) is 10.0 Å². The highest BCUT2D eigenvalue weighted by Gasteiger charge is 2.17. The van der Waals surface area contributed by atoms with E-state index in [9.17, 15) is 8.42 Å². The quantitative estimate of drug-likeness (QED) is 0.772. The van der Waals surface area contributed by atoms with Crippen molar-refractivity contribution >= 4 is 21.8 Å². The normalized spacial score (nSPS) is 13.4. The molecule has 0 aromatic carbocycles. The summed E-state index contributed by atoms with van der Waals surface area (Å²) in [6.45, 7) is 1.76. The average Bonchev–Trinajstić information content (AvgIpc) is 2.29. The number of nitriles is 1. The first-order valence-corrected chi connectivity index (χ1v) is 7.14. The van der Waals surface area contributed by atoms with Gasteiger partial charge in [0, 0.05) is 20.3 Å². The van der Waals surface area contributed by atoms with Gasteiger partial charge in [0.2, 0.25) is 10.0 Å². The topological polar surface area (TPSA) is 74.1 Å². The van der Waals surface area contributed by atoms with E-state index in [1.807, 2.05) is 0 Å². The Morgan fingerprint density at radius 3 is 2.53 bits per heavy atom. The molecule has 1 atom stereocenters. The van der Waals surface area contributed by atoms with Gasteiger partial charge in [-0.1, -0.05) is 11.8 Å². The zero-order valence-electron chi connectivity index (χ0n) is 9.78. The molecule has 0 N–H and O–H groups in total. The Balaban J connectivity index is 2.94. The second-order valence-corrected chi connectivity index (χ2v) is 7.02. The number of thioether (sulfide) groups is 1. The molecule has 0 aliphatic heterocycles. The van der Waals surface area contributed by atoms with Crippen molar-refractivity contribution in [3.63, 3.8) is 0 Å². The maximum absolute atomic E-state index is 11.7. The first-order valence-electron chi connectivity index (χ1n) is 4.83. The van der Waals surface area contributed by atoms with Crippen molar-refractivity contribution in [3.8, 4) is 6.07 Å². The van der Waals surface area contributed by atoms with E-state index in [1.54, 1.807) is 13.0 Å². The highest BCUT2D eigenvalue weighted by Crippen LogP contribution is 2.22. The van der Waals surface area contributed by atoms with Crippen LogP contribution in [0.4, 0.5) is 0 Å².